The van der Waals surface area contributed by atoms with Crippen molar-refractivity contribution < 1.29 is 4.74 Å². The number of ether oxygens (including phenoxy) is 1. The van der Waals surface area contributed by atoms with Crippen molar-refractivity contribution >= 4 is 28.7 Å². The number of thiophene rings is 1. The van der Waals surface area contributed by atoms with Crippen LogP contribution in [0.15, 0.2) is 82.2 Å². The van der Waals surface area contributed by atoms with Crippen molar-refractivity contribution in [2.45, 2.75) is 10.9 Å². The number of fused-ring (bicyclic) bond motifs is 1. The monoisotopic (exact) mass is 447 g/mol. The number of hydrogen-bond acceptors (Lipinski definition) is 7. The molecule has 0 aliphatic heterocycles. The topological polar surface area (TPSA) is 74.3 Å². The Morgan fingerprint density at radius 1 is 1.06 bits per heavy atom. The van der Waals surface area contributed by atoms with E-state index < -0.39 is 0 Å². The first-order chi connectivity index (χ1) is 15.2. The number of hydrogen-bond donors (Lipinski definition) is 0. The number of para-hydroxylation sites is 2. The summed E-state index contributed by atoms with van der Waals surface area (Å²) in [5.74, 6) is 1.95. The van der Waals surface area contributed by atoms with Gasteiger partial charge in [-0.15, -0.1) is 21.5 Å². The molecule has 0 aliphatic rings. The SMILES string of the molecule is COc1ccccc1-n1c(SCc2cc(=O)n3ccccc3n2)nnc1-c1cccs1. The van der Waals surface area contributed by atoms with Gasteiger partial charge in [-0.05, 0) is 35.7 Å². The van der Waals surface area contributed by atoms with Crippen LogP contribution < -0.4 is 10.3 Å². The van der Waals surface area contributed by atoms with Crippen molar-refractivity contribution in [2.24, 2.45) is 0 Å². The minimum absolute atomic E-state index is 0.105. The van der Waals surface area contributed by atoms with Crippen molar-refractivity contribution in [3.8, 4) is 22.1 Å². The highest BCUT2D eigenvalue weighted by Crippen LogP contribution is 2.34. The Balaban J connectivity index is 1.55. The van der Waals surface area contributed by atoms with E-state index >= 15 is 0 Å². The summed E-state index contributed by atoms with van der Waals surface area (Å²) in [4.78, 5) is 18.0. The van der Waals surface area contributed by atoms with Crippen LogP contribution in [-0.4, -0.2) is 31.3 Å². The molecule has 31 heavy (non-hydrogen) atoms. The van der Waals surface area contributed by atoms with Crippen LogP contribution in [0.4, 0.5) is 0 Å². The molecule has 4 aromatic heterocycles. The molecular weight excluding hydrogens is 430 g/mol. The van der Waals surface area contributed by atoms with Gasteiger partial charge in [0, 0.05) is 18.0 Å². The van der Waals surface area contributed by atoms with Crippen molar-refractivity contribution in [3.05, 3.63) is 88.3 Å². The van der Waals surface area contributed by atoms with Gasteiger partial charge >= 0.3 is 0 Å². The van der Waals surface area contributed by atoms with Crippen LogP contribution in [-0.2, 0) is 5.75 Å². The molecule has 154 valence electrons. The van der Waals surface area contributed by atoms with Gasteiger partial charge in [-0.1, -0.05) is 36.0 Å². The van der Waals surface area contributed by atoms with E-state index in [0.29, 0.717) is 22.3 Å². The minimum Gasteiger partial charge on any atom is -0.495 e. The summed E-state index contributed by atoms with van der Waals surface area (Å²) in [5.41, 5.74) is 2.06. The molecule has 0 saturated heterocycles. The number of thioether (sulfide) groups is 1. The van der Waals surface area contributed by atoms with Crippen LogP contribution in [0.25, 0.3) is 22.0 Å². The zero-order valence-corrected chi connectivity index (χ0v) is 18.1. The third-order valence-corrected chi connectivity index (χ3v) is 6.50. The molecule has 5 aromatic rings. The second kappa shape index (κ2) is 8.37. The Morgan fingerprint density at radius 3 is 2.77 bits per heavy atom. The van der Waals surface area contributed by atoms with Crippen molar-refractivity contribution in [2.75, 3.05) is 7.11 Å². The first-order valence-electron chi connectivity index (χ1n) is 9.47. The molecule has 0 bridgehead atoms. The summed E-state index contributed by atoms with van der Waals surface area (Å²) < 4.78 is 9.10. The third kappa shape index (κ3) is 3.73. The Hall–Kier alpha value is -3.43. The lowest BCUT2D eigenvalue weighted by Gasteiger charge is -2.13. The summed E-state index contributed by atoms with van der Waals surface area (Å²) in [7, 11) is 1.65. The molecule has 0 N–H and O–H groups in total. The van der Waals surface area contributed by atoms with Crippen LogP contribution in [0.1, 0.15) is 5.69 Å². The summed E-state index contributed by atoms with van der Waals surface area (Å²) in [5, 5.41) is 11.6. The highest BCUT2D eigenvalue weighted by atomic mass is 32.2. The van der Waals surface area contributed by atoms with Crippen molar-refractivity contribution in [1.29, 1.82) is 0 Å². The molecule has 0 fully saturated rings. The molecule has 7 nitrogen and oxygen atoms in total. The van der Waals surface area contributed by atoms with E-state index in [1.807, 2.05) is 64.5 Å². The van der Waals surface area contributed by atoms with Gasteiger partial charge in [0.05, 0.1) is 23.4 Å². The fourth-order valence-electron chi connectivity index (χ4n) is 3.28. The van der Waals surface area contributed by atoms with E-state index in [1.165, 1.54) is 16.2 Å². The summed E-state index contributed by atoms with van der Waals surface area (Å²) in [6, 6.07) is 18.8. The van der Waals surface area contributed by atoms with Crippen molar-refractivity contribution in [1.82, 2.24) is 24.1 Å². The summed E-state index contributed by atoms with van der Waals surface area (Å²) >= 11 is 3.08. The third-order valence-electron chi connectivity index (χ3n) is 4.67. The lowest BCUT2D eigenvalue weighted by Crippen LogP contribution is -2.14. The molecule has 9 heteroatoms. The Bertz CT molecular complexity index is 1410. The minimum atomic E-state index is -0.105. The van der Waals surface area contributed by atoms with Gasteiger partial charge in [0.2, 0.25) is 0 Å². The highest BCUT2D eigenvalue weighted by molar-refractivity contribution is 7.98. The standard InChI is InChI=1S/C22H17N5O2S2/c1-29-17-8-3-2-7-16(17)27-21(18-9-6-12-30-18)24-25-22(27)31-14-15-13-20(28)26-11-5-4-10-19(26)23-15/h2-13H,14H2,1H3. The van der Waals surface area contributed by atoms with Crippen LogP contribution in [0.3, 0.4) is 0 Å². The van der Waals surface area contributed by atoms with E-state index in [0.717, 1.165) is 22.1 Å². The van der Waals surface area contributed by atoms with Crippen LogP contribution in [0.5, 0.6) is 5.75 Å². The Kier molecular flexibility index (Phi) is 5.27. The van der Waals surface area contributed by atoms with Gasteiger partial charge in [-0.2, -0.15) is 0 Å². The zero-order valence-electron chi connectivity index (χ0n) is 16.5. The summed E-state index contributed by atoms with van der Waals surface area (Å²) in [6.07, 6.45) is 1.72. The number of nitrogens with zero attached hydrogens (tertiary/aromatic N) is 5. The maximum Gasteiger partial charge on any atom is 0.258 e. The maximum atomic E-state index is 12.4. The largest absolute Gasteiger partial charge is 0.495 e. The van der Waals surface area contributed by atoms with Crippen LogP contribution in [0, 0.1) is 0 Å². The molecule has 5 rings (SSSR count). The van der Waals surface area contributed by atoms with Gasteiger partial charge in [-0.3, -0.25) is 13.8 Å². The number of benzene rings is 1. The lowest BCUT2D eigenvalue weighted by atomic mass is 10.3. The molecule has 0 amide bonds. The molecule has 0 radical (unpaired) electrons. The van der Waals surface area contributed by atoms with Gasteiger partial charge in [0.25, 0.3) is 5.56 Å². The average molecular weight is 448 g/mol. The van der Waals surface area contributed by atoms with E-state index in [1.54, 1.807) is 30.7 Å². The van der Waals surface area contributed by atoms with E-state index in [-0.39, 0.29) is 5.56 Å². The van der Waals surface area contributed by atoms with Gasteiger partial charge in [-0.25, -0.2) is 4.98 Å². The first kappa shape index (κ1) is 19.5. The number of aromatic nitrogens is 5. The maximum absolute atomic E-state index is 12.4. The molecule has 0 atom stereocenters. The number of pyridine rings is 1. The fraction of sp³-hybridized carbons (Fsp3) is 0.0909. The molecular formula is C22H17N5O2S2. The zero-order chi connectivity index (χ0) is 21.2. The predicted octanol–water partition coefficient (Wildman–Crippen LogP) is 4.30. The molecule has 0 saturated carbocycles. The van der Waals surface area contributed by atoms with E-state index in [4.69, 9.17) is 4.74 Å². The molecule has 0 spiro atoms. The number of methoxy groups -OCH3 is 1. The average Bonchev–Trinajstić information content (AvgIpc) is 3.47. The van der Waals surface area contributed by atoms with Crippen LogP contribution in [0.2, 0.25) is 0 Å². The predicted molar refractivity (Wildman–Crippen MR) is 122 cm³/mol. The smallest absolute Gasteiger partial charge is 0.258 e. The van der Waals surface area contributed by atoms with E-state index in [9.17, 15) is 4.79 Å². The molecule has 0 unspecified atom stereocenters. The Labute approximate surface area is 186 Å². The highest BCUT2D eigenvalue weighted by Gasteiger charge is 2.19. The van der Waals surface area contributed by atoms with Gasteiger partial charge < -0.3 is 4.74 Å². The Morgan fingerprint density at radius 2 is 1.94 bits per heavy atom. The second-order valence-corrected chi connectivity index (χ2v) is 8.48. The fourth-order valence-corrected chi connectivity index (χ4v) is 4.81. The molecule has 4 heterocycles. The van der Waals surface area contributed by atoms with Crippen molar-refractivity contribution in [3.63, 3.8) is 0 Å². The van der Waals surface area contributed by atoms with Crippen LogP contribution >= 0.6 is 23.1 Å². The van der Waals surface area contributed by atoms with E-state index in [2.05, 4.69) is 15.2 Å². The van der Waals surface area contributed by atoms with Gasteiger partial charge in [0.15, 0.2) is 11.0 Å². The second-order valence-electron chi connectivity index (χ2n) is 6.59. The van der Waals surface area contributed by atoms with Gasteiger partial charge in [0.1, 0.15) is 11.4 Å². The molecule has 1 aromatic carbocycles. The lowest BCUT2D eigenvalue weighted by molar-refractivity contribution is 0.412. The quantitative estimate of drug-likeness (QED) is 0.361. The number of rotatable bonds is 6. The summed E-state index contributed by atoms with van der Waals surface area (Å²) in [6.45, 7) is 0. The molecule has 0 aliphatic carbocycles. The normalized spacial score (nSPS) is 11.1. The first-order valence-corrected chi connectivity index (χ1v) is 11.3.